The molecule has 18 heavy (non-hydrogen) atoms. The van der Waals surface area contributed by atoms with Gasteiger partial charge in [0.15, 0.2) is 0 Å². The van der Waals surface area contributed by atoms with Gasteiger partial charge in [-0.3, -0.25) is 4.79 Å². The Morgan fingerprint density at radius 2 is 1.67 bits per heavy atom. The number of hydrogen-bond donors (Lipinski definition) is 2. The number of carboxylic acids is 1. The van der Waals surface area contributed by atoms with Crippen LogP contribution in [-0.4, -0.2) is 40.6 Å². The summed E-state index contributed by atoms with van der Waals surface area (Å²) in [6, 6.07) is -0.193. The van der Waals surface area contributed by atoms with Crippen molar-refractivity contribution in [3.05, 3.63) is 0 Å². The van der Waals surface area contributed by atoms with Gasteiger partial charge in [0.1, 0.15) is 0 Å². The first-order chi connectivity index (χ1) is 7.87. The number of carbonyl (C=O) groups is 2. The van der Waals surface area contributed by atoms with Crippen LogP contribution >= 0.6 is 0 Å². The molecule has 0 bridgehead atoms. The molecule has 0 saturated heterocycles. The van der Waals surface area contributed by atoms with Crippen LogP contribution in [0.15, 0.2) is 0 Å². The molecule has 2 N–H and O–H groups in total. The minimum atomic E-state index is -0.924. The van der Waals surface area contributed by atoms with Crippen molar-refractivity contribution in [2.45, 2.75) is 59.5 Å². The van der Waals surface area contributed by atoms with Gasteiger partial charge in [0.25, 0.3) is 0 Å². The number of amides is 2. The Bertz CT molecular complexity index is 319. The van der Waals surface area contributed by atoms with Crippen molar-refractivity contribution in [2.24, 2.45) is 5.41 Å². The number of urea groups is 1. The monoisotopic (exact) mass is 258 g/mol. The van der Waals surface area contributed by atoms with E-state index in [1.165, 1.54) is 0 Å². The Hall–Kier alpha value is -1.26. The number of nitrogens with zero attached hydrogens (tertiary/aromatic N) is 1. The van der Waals surface area contributed by atoms with E-state index in [0.717, 1.165) is 0 Å². The Labute approximate surface area is 110 Å². The zero-order valence-electron chi connectivity index (χ0n) is 12.5. The first-order valence-electron chi connectivity index (χ1n) is 6.13. The predicted molar refractivity (Wildman–Crippen MR) is 71.5 cm³/mol. The van der Waals surface area contributed by atoms with Crippen LogP contribution in [0.5, 0.6) is 0 Å². The molecular formula is C13H26N2O3. The van der Waals surface area contributed by atoms with E-state index in [1.54, 1.807) is 25.8 Å². The van der Waals surface area contributed by atoms with E-state index in [-0.39, 0.29) is 23.9 Å². The van der Waals surface area contributed by atoms with Gasteiger partial charge < -0.3 is 15.3 Å². The van der Waals surface area contributed by atoms with E-state index < -0.39 is 11.5 Å². The Balaban J connectivity index is 4.63. The Morgan fingerprint density at radius 3 is 2.00 bits per heavy atom. The van der Waals surface area contributed by atoms with Crippen molar-refractivity contribution in [3.8, 4) is 0 Å². The quantitative estimate of drug-likeness (QED) is 0.813. The molecule has 106 valence electrons. The van der Waals surface area contributed by atoms with E-state index in [2.05, 4.69) is 26.1 Å². The average molecular weight is 258 g/mol. The topological polar surface area (TPSA) is 69.6 Å². The highest BCUT2D eigenvalue weighted by atomic mass is 16.4. The van der Waals surface area contributed by atoms with Crippen LogP contribution in [-0.2, 0) is 4.79 Å². The van der Waals surface area contributed by atoms with Crippen LogP contribution in [0.25, 0.3) is 0 Å². The summed E-state index contributed by atoms with van der Waals surface area (Å²) in [5.41, 5.74) is -0.780. The van der Waals surface area contributed by atoms with Crippen LogP contribution in [0.2, 0.25) is 0 Å². The molecule has 0 saturated carbocycles. The molecule has 0 aliphatic rings. The first kappa shape index (κ1) is 16.7. The summed E-state index contributed by atoms with van der Waals surface area (Å²) in [7, 11) is 1.72. The standard InChI is InChI=1S/C13H26N2O3/c1-9(12(2,3)4)15(7)11(18)14-13(5,6)8-10(16)17/h9H,8H2,1-7H3,(H,14,18)(H,16,17). The van der Waals surface area contributed by atoms with Crippen molar-refractivity contribution in [1.29, 1.82) is 0 Å². The van der Waals surface area contributed by atoms with Crippen molar-refractivity contribution in [1.82, 2.24) is 10.2 Å². The fourth-order valence-electron chi connectivity index (χ4n) is 1.56. The second kappa shape index (κ2) is 5.59. The SMILES string of the molecule is CC(N(C)C(=O)NC(C)(C)CC(=O)O)C(C)(C)C. The molecule has 0 radical (unpaired) electrons. The van der Waals surface area contributed by atoms with E-state index in [0.29, 0.717) is 0 Å². The number of aliphatic carboxylic acids is 1. The minimum absolute atomic E-state index is 0.0248. The van der Waals surface area contributed by atoms with Crippen molar-refractivity contribution < 1.29 is 14.7 Å². The largest absolute Gasteiger partial charge is 0.481 e. The normalized spacial score (nSPS) is 13.9. The number of carboxylic acid groups (broad SMARTS) is 1. The fourth-order valence-corrected chi connectivity index (χ4v) is 1.56. The molecule has 5 heteroatoms. The molecule has 0 heterocycles. The van der Waals surface area contributed by atoms with E-state index in [9.17, 15) is 9.59 Å². The van der Waals surface area contributed by atoms with Gasteiger partial charge in [0, 0.05) is 18.6 Å². The van der Waals surface area contributed by atoms with E-state index >= 15 is 0 Å². The lowest BCUT2D eigenvalue weighted by atomic mass is 9.87. The predicted octanol–water partition coefficient (Wildman–Crippen LogP) is 2.32. The molecule has 2 amide bonds. The number of rotatable bonds is 4. The summed E-state index contributed by atoms with van der Waals surface area (Å²) in [5, 5.41) is 11.5. The van der Waals surface area contributed by atoms with Gasteiger partial charge in [-0.2, -0.15) is 0 Å². The maximum absolute atomic E-state index is 12.1. The first-order valence-corrected chi connectivity index (χ1v) is 6.13. The number of carbonyl (C=O) groups excluding carboxylic acids is 1. The Kier molecular flexibility index (Phi) is 5.20. The molecule has 0 aliphatic heterocycles. The molecule has 0 fully saturated rings. The van der Waals surface area contributed by atoms with Crippen LogP contribution in [0.1, 0.15) is 48.0 Å². The van der Waals surface area contributed by atoms with Crippen molar-refractivity contribution in [3.63, 3.8) is 0 Å². The minimum Gasteiger partial charge on any atom is -0.481 e. The van der Waals surface area contributed by atoms with Gasteiger partial charge in [-0.25, -0.2) is 4.79 Å². The smallest absolute Gasteiger partial charge is 0.317 e. The molecule has 0 aromatic rings. The van der Waals surface area contributed by atoms with Gasteiger partial charge >= 0.3 is 12.0 Å². The number of nitrogens with one attached hydrogen (secondary N) is 1. The fraction of sp³-hybridized carbons (Fsp3) is 0.846. The maximum Gasteiger partial charge on any atom is 0.317 e. The third-order valence-corrected chi connectivity index (χ3v) is 3.19. The zero-order chi connectivity index (χ0) is 14.7. The summed E-state index contributed by atoms with van der Waals surface area (Å²) >= 11 is 0. The third kappa shape index (κ3) is 5.38. The molecule has 1 atom stereocenters. The van der Waals surface area contributed by atoms with E-state index in [4.69, 9.17) is 5.11 Å². The number of hydrogen-bond acceptors (Lipinski definition) is 2. The Morgan fingerprint density at radius 1 is 1.22 bits per heavy atom. The second-order valence-electron chi connectivity index (χ2n) is 6.54. The molecule has 0 spiro atoms. The van der Waals surface area contributed by atoms with Gasteiger partial charge in [-0.15, -0.1) is 0 Å². The highest BCUT2D eigenvalue weighted by Crippen LogP contribution is 2.23. The maximum atomic E-state index is 12.1. The summed E-state index contributed by atoms with van der Waals surface area (Å²) < 4.78 is 0. The van der Waals surface area contributed by atoms with Crippen LogP contribution in [0, 0.1) is 5.41 Å². The van der Waals surface area contributed by atoms with Gasteiger partial charge in [-0.05, 0) is 26.2 Å². The van der Waals surface area contributed by atoms with Crippen molar-refractivity contribution in [2.75, 3.05) is 7.05 Å². The lowest BCUT2D eigenvalue weighted by Gasteiger charge is -2.37. The zero-order valence-corrected chi connectivity index (χ0v) is 12.5. The van der Waals surface area contributed by atoms with Gasteiger partial charge in [0.2, 0.25) is 0 Å². The molecule has 1 unspecified atom stereocenters. The van der Waals surface area contributed by atoms with Crippen LogP contribution in [0.4, 0.5) is 4.79 Å². The highest BCUT2D eigenvalue weighted by molar-refractivity contribution is 5.76. The summed E-state index contributed by atoms with van der Waals surface area (Å²) in [4.78, 5) is 24.4. The summed E-state index contributed by atoms with van der Waals surface area (Å²) in [6.07, 6.45) is -0.101. The molecular weight excluding hydrogens is 232 g/mol. The third-order valence-electron chi connectivity index (χ3n) is 3.19. The van der Waals surface area contributed by atoms with E-state index in [1.807, 2.05) is 6.92 Å². The average Bonchev–Trinajstić information content (AvgIpc) is 2.10. The summed E-state index contributed by atoms with van der Waals surface area (Å²) in [5.74, 6) is -0.924. The molecule has 5 nitrogen and oxygen atoms in total. The molecule has 0 aliphatic carbocycles. The van der Waals surface area contributed by atoms with Gasteiger partial charge in [-0.1, -0.05) is 20.8 Å². The lowest BCUT2D eigenvalue weighted by molar-refractivity contribution is -0.138. The van der Waals surface area contributed by atoms with Gasteiger partial charge in [0.05, 0.1) is 6.42 Å². The molecule has 0 aromatic heterocycles. The van der Waals surface area contributed by atoms with Crippen LogP contribution in [0.3, 0.4) is 0 Å². The molecule has 0 rings (SSSR count). The second-order valence-corrected chi connectivity index (χ2v) is 6.54. The van der Waals surface area contributed by atoms with Crippen molar-refractivity contribution >= 4 is 12.0 Å². The van der Waals surface area contributed by atoms with Crippen LogP contribution < -0.4 is 5.32 Å². The summed E-state index contributed by atoms with van der Waals surface area (Å²) in [6.45, 7) is 11.6. The molecule has 0 aromatic carbocycles. The highest BCUT2D eigenvalue weighted by Gasteiger charge is 2.30. The lowest BCUT2D eigenvalue weighted by Crippen LogP contribution is -2.54.